The van der Waals surface area contributed by atoms with Gasteiger partial charge in [-0.15, -0.1) is 0 Å². The Hall–Kier alpha value is -1.80. The van der Waals surface area contributed by atoms with Crippen molar-refractivity contribution in [1.29, 1.82) is 0 Å². The third-order valence-electron chi connectivity index (χ3n) is 4.07. The molecule has 0 fully saturated rings. The van der Waals surface area contributed by atoms with E-state index in [9.17, 15) is 9.59 Å². The molecule has 218 valence electrons. The number of ether oxygens (including phenoxy) is 8. The maximum Gasteiger partial charge on any atom is 0.407 e. The van der Waals surface area contributed by atoms with Crippen LogP contribution in [0.2, 0.25) is 0 Å². The second-order valence-electron chi connectivity index (χ2n) is 8.75. The Morgan fingerprint density at radius 2 is 0.865 bits per heavy atom. The molecule has 0 spiro atoms. The molecule has 0 atom stereocenters. The van der Waals surface area contributed by atoms with Gasteiger partial charge in [-0.1, -0.05) is 6.58 Å². The van der Waals surface area contributed by atoms with Crippen LogP contribution in [-0.2, 0) is 42.7 Å². The van der Waals surface area contributed by atoms with Gasteiger partial charge in [-0.2, -0.15) is 0 Å². The number of rotatable bonds is 25. The minimum absolute atomic E-state index is 0.166. The highest BCUT2D eigenvalue weighted by Gasteiger charge is 2.15. The zero-order chi connectivity index (χ0) is 27.6. The molecule has 0 bridgehead atoms. The van der Waals surface area contributed by atoms with Crippen LogP contribution in [0.15, 0.2) is 12.2 Å². The Labute approximate surface area is 221 Å². The average molecular weight is 537 g/mol. The lowest BCUT2D eigenvalue weighted by molar-refractivity contribution is -0.117. The summed E-state index contributed by atoms with van der Waals surface area (Å²) >= 11 is 0. The summed E-state index contributed by atoms with van der Waals surface area (Å²) in [4.78, 5) is 22.7. The molecule has 0 aromatic carbocycles. The molecule has 0 heterocycles. The van der Waals surface area contributed by atoms with Gasteiger partial charge in [0.25, 0.3) is 0 Å². The molecule has 2 amide bonds. The van der Waals surface area contributed by atoms with Crippen LogP contribution in [0, 0.1) is 0 Å². The summed E-state index contributed by atoms with van der Waals surface area (Å²) in [6.45, 7) is 18.0. The summed E-state index contributed by atoms with van der Waals surface area (Å²) in [6.07, 6.45) is -0.454. The molecule has 0 aliphatic rings. The predicted octanol–water partition coefficient (Wildman–Crippen LogP) is 1.32. The van der Waals surface area contributed by atoms with Crippen molar-refractivity contribution < 1.29 is 47.5 Å². The Balaban J connectivity index is 3.14. The number of nitrogens with one attached hydrogen (secondary N) is 2. The Bertz CT molecular complexity index is 584. The van der Waals surface area contributed by atoms with E-state index in [1.54, 1.807) is 6.92 Å². The molecule has 0 aliphatic heterocycles. The number of carbonyl (C=O) groups excluding carboxylic acids is 2. The van der Waals surface area contributed by atoms with E-state index in [1.807, 2.05) is 20.8 Å². The van der Waals surface area contributed by atoms with E-state index in [4.69, 9.17) is 37.9 Å². The molecule has 37 heavy (non-hydrogen) atoms. The number of amides is 2. The van der Waals surface area contributed by atoms with Gasteiger partial charge in [0, 0.05) is 18.7 Å². The fourth-order valence-corrected chi connectivity index (χ4v) is 2.35. The van der Waals surface area contributed by atoms with Gasteiger partial charge >= 0.3 is 6.09 Å². The lowest BCUT2D eigenvalue weighted by atomic mass is 10.2. The summed E-state index contributed by atoms with van der Waals surface area (Å²) in [5.74, 6) is -0.166. The van der Waals surface area contributed by atoms with Crippen LogP contribution < -0.4 is 10.6 Å². The van der Waals surface area contributed by atoms with Gasteiger partial charge in [-0.05, 0) is 27.7 Å². The minimum Gasteiger partial charge on any atom is -0.444 e. The molecule has 0 radical (unpaired) electrons. The highest BCUT2D eigenvalue weighted by atomic mass is 16.6. The molecule has 0 rings (SSSR count). The van der Waals surface area contributed by atoms with Crippen molar-refractivity contribution in [3.63, 3.8) is 0 Å². The maximum atomic E-state index is 11.4. The first-order valence-corrected chi connectivity index (χ1v) is 12.7. The highest BCUT2D eigenvalue weighted by Crippen LogP contribution is 2.06. The minimum atomic E-state index is -0.510. The molecule has 12 heteroatoms. The molecule has 0 aliphatic carbocycles. The molecule has 0 aromatic rings. The van der Waals surface area contributed by atoms with Crippen LogP contribution in [0.25, 0.3) is 0 Å². The van der Waals surface area contributed by atoms with E-state index in [1.165, 1.54) is 0 Å². The Morgan fingerprint density at radius 1 is 0.568 bits per heavy atom. The second kappa shape index (κ2) is 24.5. The third kappa shape index (κ3) is 28.6. The first-order valence-electron chi connectivity index (χ1n) is 12.7. The fraction of sp³-hybridized carbons (Fsp3) is 0.840. The molecule has 0 aromatic heterocycles. The standard InChI is InChI=1S/C25H48N2O10/c1-22(2)23(28)26-6-8-30-10-12-32-14-16-34-18-20-36-21-19-35-17-15-33-13-11-31-9-7-27-24(29)37-25(3,4)5/h1,6-21H2,2-5H3,(H,26,28)(H,27,29). The van der Waals surface area contributed by atoms with Gasteiger partial charge < -0.3 is 48.5 Å². The lowest BCUT2D eigenvalue weighted by Gasteiger charge is -2.19. The Morgan fingerprint density at radius 3 is 1.16 bits per heavy atom. The number of hydrogen-bond acceptors (Lipinski definition) is 10. The zero-order valence-electron chi connectivity index (χ0n) is 23.1. The molecule has 0 unspecified atom stereocenters. The fourth-order valence-electron chi connectivity index (χ4n) is 2.35. The van der Waals surface area contributed by atoms with Gasteiger partial charge in [-0.25, -0.2) is 4.79 Å². The van der Waals surface area contributed by atoms with E-state index in [-0.39, 0.29) is 5.91 Å². The number of hydrogen-bond donors (Lipinski definition) is 2. The normalized spacial score (nSPS) is 11.4. The average Bonchev–Trinajstić information content (AvgIpc) is 2.82. The van der Waals surface area contributed by atoms with Crippen molar-refractivity contribution in [3.8, 4) is 0 Å². The van der Waals surface area contributed by atoms with E-state index < -0.39 is 11.7 Å². The number of alkyl carbamates (subject to hydrolysis) is 1. The summed E-state index contributed by atoms with van der Waals surface area (Å²) in [7, 11) is 0. The molecule has 2 N–H and O–H groups in total. The molecule has 0 saturated heterocycles. The van der Waals surface area contributed by atoms with Crippen LogP contribution in [0.3, 0.4) is 0 Å². The van der Waals surface area contributed by atoms with E-state index in [2.05, 4.69) is 17.2 Å². The second-order valence-corrected chi connectivity index (χ2v) is 8.75. The molecule has 0 saturated carbocycles. The van der Waals surface area contributed by atoms with E-state index in [0.29, 0.717) is 111 Å². The third-order valence-corrected chi connectivity index (χ3v) is 4.07. The first kappa shape index (κ1) is 35.2. The van der Waals surface area contributed by atoms with Gasteiger partial charge in [-0.3, -0.25) is 4.79 Å². The van der Waals surface area contributed by atoms with Crippen molar-refractivity contribution in [2.24, 2.45) is 0 Å². The van der Waals surface area contributed by atoms with Crippen molar-refractivity contribution in [2.75, 3.05) is 106 Å². The van der Waals surface area contributed by atoms with Crippen LogP contribution in [0.4, 0.5) is 4.79 Å². The number of carbonyl (C=O) groups is 2. The first-order chi connectivity index (χ1) is 17.7. The predicted molar refractivity (Wildman–Crippen MR) is 138 cm³/mol. The zero-order valence-corrected chi connectivity index (χ0v) is 23.1. The van der Waals surface area contributed by atoms with Crippen molar-refractivity contribution >= 4 is 12.0 Å². The Kier molecular flexibility index (Phi) is 23.3. The summed E-state index contributed by atoms with van der Waals surface area (Å²) in [5, 5.41) is 5.31. The topological polar surface area (TPSA) is 132 Å². The molecular weight excluding hydrogens is 488 g/mol. The summed E-state index contributed by atoms with van der Waals surface area (Å²) < 4.78 is 42.9. The monoisotopic (exact) mass is 536 g/mol. The summed E-state index contributed by atoms with van der Waals surface area (Å²) in [5.41, 5.74) is -0.0315. The highest BCUT2D eigenvalue weighted by molar-refractivity contribution is 5.92. The van der Waals surface area contributed by atoms with Crippen molar-refractivity contribution in [2.45, 2.75) is 33.3 Å². The summed E-state index contributed by atoms with van der Waals surface area (Å²) in [6, 6.07) is 0. The lowest BCUT2D eigenvalue weighted by Crippen LogP contribution is -2.34. The van der Waals surface area contributed by atoms with Gasteiger partial charge in [0.2, 0.25) is 5.91 Å². The van der Waals surface area contributed by atoms with Gasteiger partial charge in [0.05, 0.1) is 92.5 Å². The van der Waals surface area contributed by atoms with E-state index >= 15 is 0 Å². The van der Waals surface area contributed by atoms with Crippen molar-refractivity contribution in [1.82, 2.24) is 10.6 Å². The van der Waals surface area contributed by atoms with Crippen LogP contribution >= 0.6 is 0 Å². The van der Waals surface area contributed by atoms with Gasteiger partial charge in [0.1, 0.15) is 5.60 Å². The SMILES string of the molecule is C=C(C)C(=O)NCCOCCOCCOCCOCCOCCOCCOCCNC(=O)OC(C)(C)C. The van der Waals surface area contributed by atoms with Gasteiger partial charge in [0.15, 0.2) is 0 Å². The van der Waals surface area contributed by atoms with Crippen molar-refractivity contribution in [3.05, 3.63) is 12.2 Å². The molecular formula is C25H48N2O10. The largest absolute Gasteiger partial charge is 0.444 e. The smallest absolute Gasteiger partial charge is 0.407 e. The van der Waals surface area contributed by atoms with Crippen LogP contribution in [0.1, 0.15) is 27.7 Å². The van der Waals surface area contributed by atoms with Crippen LogP contribution in [0.5, 0.6) is 0 Å². The van der Waals surface area contributed by atoms with Crippen LogP contribution in [-0.4, -0.2) is 123 Å². The molecule has 12 nitrogen and oxygen atoms in total. The van der Waals surface area contributed by atoms with E-state index in [0.717, 1.165) is 0 Å². The maximum absolute atomic E-state index is 11.4. The quantitative estimate of drug-likeness (QED) is 0.130.